The van der Waals surface area contributed by atoms with Crippen molar-refractivity contribution in [1.82, 2.24) is 20.4 Å². The van der Waals surface area contributed by atoms with E-state index in [1.54, 1.807) is 12.1 Å². The molecule has 0 spiro atoms. The number of benzene rings is 1. The number of carbonyl (C=O) groups is 3. The maximum Gasteiger partial charge on any atom is 0.409 e. The second-order valence-electron chi connectivity index (χ2n) is 6.56. The quantitative estimate of drug-likeness (QED) is 0.702. The van der Waals surface area contributed by atoms with Gasteiger partial charge in [-0.3, -0.25) is 14.5 Å². The van der Waals surface area contributed by atoms with Gasteiger partial charge >= 0.3 is 6.09 Å². The van der Waals surface area contributed by atoms with Gasteiger partial charge in [-0.1, -0.05) is 12.1 Å². The van der Waals surface area contributed by atoms with Gasteiger partial charge in [-0.05, 0) is 17.7 Å². The number of nitrogens with one attached hydrogen (secondary N) is 2. The zero-order chi connectivity index (χ0) is 19.2. The van der Waals surface area contributed by atoms with Crippen molar-refractivity contribution in [3.05, 3.63) is 35.6 Å². The van der Waals surface area contributed by atoms with Crippen LogP contribution in [0.2, 0.25) is 0 Å². The van der Waals surface area contributed by atoms with Crippen LogP contribution in [0.4, 0.5) is 9.18 Å². The Balaban J connectivity index is 1.51. The first kappa shape index (κ1) is 19.1. The minimum atomic E-state index is -0.583. The normalized spacial score (nSPS) is 20.3. The zero-order valence-electron chi connectivity index (χ0n) is 14.9. The highest BCUT2D eigenvalue weighted by Crippen LogP contribution is 2.14. The van der Waals surface area contributed by atoms with Crippen molar-refractivity contribution in [2.75, 3.05) is 39.3 Å². The van der Waals surface area contributed by atoms with Crippen LogP contribution < -0.4 is 10.6 Å². The van der Waals surface area contributed by atoms with Crippen LogP contribution in [0.25, 0.3) is 0 Å². The molecule has 0 saturated carbocycles. The highest BCUT2D eigenvalue weighted by molar-refractivity contribution is 5.88. The highest BCUT2D eigenvalue weighted by atomic mass is 19.1. The minimum Gasteiger partial charge on any atom is -0.448 e. The highest BCUT2D eigenvalue weighted by Gasteiger charge is 2.31. The third-order valence-electron chi connectivity index (χ3n) is 4.67. The first-order valence-corrected chi connectivity index (χ1v) is 8.97. The fourth-order valence-electron chi connectivity index (χ4n) is 3.20. The van der Waals surface area contributed by atoms with Gasteiger partial charge in [0.05, 0.1) is 19.0 Å². The summed E-state index contributed by atoms with van der Waals surface area (Å²) in [5.74, 6) is -0.761. The van der Waals surface area contributed by atoms with E-state index >= 15 is 0 Å². The number of hydrogen-bond donors (Lipinski definition) is 2. The van der Waals surface area contributed by atoms with E-state index in [0.717, 1.165) is 5.56 Å². The van der Waals surface area contributed by atoms with E-state index in [1.807, 2.05) is 4.90 Å². The molecule has 2 N–H and O–H groups in total. The lowest BCUT2D eigenvalue weighted by Crippen LogP contribution is -2.56. The maximum absolute atomic E-state index is 13.1. The molecule has 2 heterocycles. The van der Waals surface area contributed by atoms with Crippen LogP contribution >= 0.6 is 0 Å². The van der Waals surface area contributed by atoms with Gasteiger partial charge in [0.25, 0.3) is 0 Å². The number of ether oxygens (including phenoxy) is 1. The number of nitrogens with zero attached hydrogens (tertiary/aromatic N) is 2. The Hall–Kier alpha value is -2.68. The topological polar surface area (TPSA) is 91.0 Å². The summed E-state index contributed by atoms with van der Waals surface area (Å²) >= 11 is 0. The number of halogens is 1. The third-order valence-corrected chi connectivity index (χ3v) is 4.67. The standard InChI is InChI=1S/C18H23FN4O4/c19-14-3-1-13(2-4-14)12-23-8-6-21-17(25)15(23)11-16(24)20-5-7-22-9-10-27-18(22)26/h1-4,15H,5-12H2,(H,20,24)(H,21,25). The van der Waals surface area contributed by atoms with Gasteiger partial charge in [-0.15, -0.1) is 0 Å². The van der Waals surface area contributed by atoms with E-state index in [0.29, 0.717) is 45.9 Å². The fourth-order valence-corrected chi connectivity index (χ4v) is 3.20. The molecular formula is C18H23FN4O4. The van der Waals surface area contributed by atoms with E-state index in [1.165, 1.54) is 17.0 Å². The lowest BCUT2D eigenvalue weighted by Gasteiger charge is -2.34. The Bertz CT molecular complexity index is 697. The molecule has 2 fully saturated rings. The largest absolute Gasteiger partial charge is 0.448 e. The Labute approximate surface area is 156 Å². The molecule has 27 heavy (non-hydrogen) atoms. The van der Waals surface area contributed by atoms with Crippen LogP contribution in [-0.4, -0.2) is 73.1 Å². The lowest BCUT2D eigenvalue weighted by molar-refractivity contribution is -0.134. The molecule has 2 aliphatic heterocycles. The minimum absolute atomic E-state index is 0.0253. The van der Waals surface area contributed by atoms with Crippen LogP contribution in [0.5, 0.6) is 0 Å². The smallest absolute Gasteiger partial charge is 0.409 e. The molecule has 0 radical (unpaired) electrons. The molecule has 9 heteroatoms. The first-order valence-electron chi connectivity index (χ1n) is 8.97. The molecule has 2 aliphatic rings. The van der Waals surface area contributed by atoms with Crippen LogP contribution in [0.15, 0.2) is 24.3 Å². The van der Waals surface area contributed by atoms with Crippen LogP contribution in [0.3, 0.4) is 0 Å². The number of amides is 3. The Morgan fingerprint density at radius 3 is 2.74 bits per heavy atom. The predicted molar refractivity (Wildman–Crippen MR) is 94.2 cm³/mol. The second-order valence-corrected chi connectivity index (χ2v) is 6.56. The molecule has 8 nitrogen and oxygen atoms in total. The third kappa shape index (κ3) is 5.16. The summed E-state index contributed by atoms with van der Waals surface area (Å²) in [6, 6.07) is 5.53. The molecular weight excluding hydrogens is 355 g/mol. The summed E-state index contributed by atoms with van der Waals surface area (Å²) in [7, 11) is 0. The van der Waals surface area contributed by atoms with E-state index in [-0.39, 0.29) is 30.1 Å². The number of carbonyl (C=O) groups excluding carboxylic acids is 3. The van der Waals surface area contributed by atoms with Crippen molar-refractivity contribution in [2.45, 2.75) is 19.0 Å². The number of hydrogen-bond acceptors (Lipinski definition) is 5. The van der Waals surface area contributed by atoms with E-state index in [2.05, 4.69) is 10.6 Å². The average Bonchev–Trinajstić information content (AvgIpc) is 3.05. The summed E-state index contributed by atoms with van der Waals surface area (Å²) in [6.07, 6.45) is -0.348. The van der Waals surface area contributed by atoms with Crippen LogP contribution in [-0.2, 0) is 20.9 Å². The molecule has 2 saturated heterocycles. The Morgan fingerprint density at radius 1 is 1.26 bits per heavy atom. The average molecular weight is 378 g/mol. The number of cyclic esters (lactones) is 1. The molecule has 0 aliphatic carbocycles. The summed E-state index contributed by atoms with van der Waals surface area (Å²) in [4.78, 5) is 39.3. The fraction of sp³-hybridized carbons (Fsp3) is 0.500. The van der Waals surface area contributed by atoms with Crippen molar-refractivity contribution in [3.8, 4) is 0 Å². The maximum atomic E-state index is 13.1. The van der Waals surface area contributed by atoms with E-state index in [4.69, 9.17) is 4.74 Å². The predicted octanol–water partition coefficient (Wildman–Crippen LogP) is 0.0846. The van der Waals surface area contributed by atoms with Crippen molar-refractivity contribution in [2.24, 2.45) is 0 Å². The van der Waals surface area contributed by atoms with Gasteiger partial charge in [0.15, 0.2) is 0 Å². The van der Waals surface area contributed by atoms with E-state index in [9.17, 15) is 18.8 Å². The summed E-state index contributed by atoms with van der Waals surface area (Å²) < 4.78 is 17.9. The molecule has 1 unspecified atom stereocenters. The number of piperazine rings is 1. The lowest BCUT2D eigenvalue weighted by atomic mass is 10.1. The molecule has 1 atom stereocenters. The number of rotatable bonds is 7. The van der Waals surface area contributed by atoms with Crippen LogP contribution in [0, 0.1) is 5.82 Å². The summed E-state index contributed by atoms with van der Waals surface area (Å²) in [6.45, 7) is 3.15. The van der Waals surface area contributed by atoms with Crippen molar-refractivity contribution < 1.29 is 23.5 Å². The monoisotopic (exact) mass is 378 g/mol. The SMILES string of the molecule is O=C(CC1C(=O)NCCN1Cc1ccc(F)cc1)NCCN1CCOC1=O. The molecule has 0 bridgehead atoms. The van der Waals surface area contributed by atoms with Gasteiger partial charge in [0, 0.05) is 32.7 Å². The van der Waals surface area contributed by atoms with Crippen molar-refractivity contribution in [1.29, 1.82) is 0 Å². The first-order chi connectivity index (χ1) is 13.0. The second kappa shape index (κ2) is 8.81. The zero-order valence-corrected chi connectivity index (χ0v) is 14.9. The van der Waals surface area contributed by atoms with E-state index < -0.39 is 6.04 Å². The van der Waals surface area contributed by atoms with Crippen molar-refractivity contribution >= 4 is 17.9 Å². The Morgan fingerprint density at radius 2 is 2.04 bits per heavy atom. The molecule has 1 aromatic rings. The van der Waals surface area contributed by atoms with Crippen LogP contribution in [0.1, 0.15) is 12.0 Å². The molecule has 0 aromatic heterocycles. The molecule has 3 amide bonds. The van der Waals surface area contributed by atoms with Gasteiger partial charge in [-0.2, -0.15) is 0 Å². The van der Waals surface area contributed by atoms with Crippen molar-refractivity contribution in [3.63, 3.8) is 0 Å². The Kier molecular flexibility index (Phi) is 6.23. The summed E-state index contributed by atoms with van der Waals surface area (Å²) in [5, 5.41) is 5.52. The summed E-state index contributed by atoms with van der Waals surface area (Å²) in [5.41, 5.74) is 0.879. The molecule has 1 aromatic carbocycles. The van der Waals surface area contributed by atoms with Gasteiger partial charge < -0.3 is 20.3 Å². The molecule has 146 valence electrons. The van der Waals surface area contributed by atoms with Gasteiger partial charge in [-0.25, -0.2) is 9.18 Å². The van der Waals surface area contributed by atoms with Gasteiger partial charge in [0.1, 0.15) is 12.4 Å². The molecule has 3 rings (SSSR count). The van der Waals surface area contributed by atoms with Gasteiger partial charge in [0.2, 0.25) is 11.8 Å².